The Balaban J connectivity index is 1.29. The first-order chi connectivity index (χ1) is 16.6. The minimum atomic E-state index is -0.488. The normalized spacial score (nSPS) is 13.4. The topological polar surface area (TPSA) is 72.7 Å². The Labute approximate surface area is 205 Å². The predicted octanol–water partition coefficient (Wildman–Crippen LogP) is 6.12. The predicted molar refractivity (Wildman–Crippen MR) is 134 cm³/mol. The maximum Gasteiger partial charge on any atom is 0.255 e. The molecule has 9 heteroatoms. The minimum absolute atomic E-state index is 0.130. The van der Waals surface area contributed by atoms with Gasteiger partial charge in [-0.3, -0.25) is 4.79 Å². The van der Waals surface area contributed by atoms with Gasteiger partial charge in [-0.05, 0) is 62.2 Å². The second-order valence-corrected chi connectivity index (χ2v) is 10.3. The zero-order chi connectivity index (χ0) is 23.5. The Morgan fingerprint density at radius 2 is 2.00 bits per heavy atom. The van der Waals surface area contributed by atoms with Crippen LogP contribution in [0.4, 0.5) is 10.1 Å². The van der Waals surface area contributed by atoms with Crippen LogP contribution in [-0.2, 0) is 18.7 Å². The molecule has 34 heavy (non-hydrogen) atoms. The number of carbonyl (C=O) groups is 1. The first-order valence-corrected chi connectivity index (χ1v) is 13.1. The van der Waals surface area contributed by atoms with Crippen LogP contribution in [0.3, 0.4) is 0 Å². The molecule has 0 saturated carbocycles. The van der Waals surface area contributed by atoms with Gasteiger partial charge in [-0.1, -0.05) is 6.42 Å². The molecule has 1 aliphatic rings. The van der Waals surface area contributed by atoms with E-state index >= 15 is 0 Å². The van der Waals surface area contributed by atoms with Crippen LogP contribution >= 0.6 is 23.1 Å². The first-order valence-electron chi connectivity index (χ1n) is 11.2. The number of rotatable bonds is 6. The summed E-state index contributed by atoms with van der Waals surface area (Å²) in [7, 11) is 0. The number of hydrogen-bond donors (Lipinski definition) is 1. The standard InChI is InChI=1S/C25H24FN5OS2/c1-16-27-19(14-33-16)15-34-20-9-6-17(7-10-20)25(32)28-22-13-18(8-11-21(22)26)24-30-29-23-5-3-2-4-12-31(23)24/h6-11,13-14H,2-5,12,15H2,1H3,(H,28,32). The molecule has 0 radical (unpaired) electrons. The number of thiazole rings is 1. The van der Waals surface area contributed by atoms with Gasteiger partial charge in [0.1, 0.15) is 11.6 Å². The van der Waals surface area contributed by atoms with Crippen molar-refractivity contribution in [1.82, 2.24) is 19.7 Å². The summed E-state index contributed by atoms with van der Waals surface area (Å²) in [4.78, 5) is 18.3. The summed E-state index contributed by atoms with van der Waals surface area (Å²) in [6, 6.07) is 12.0. The smallest absolute Gasteiger partial charge is 0.255 e. The van der Waals surface area contributed by atoms with Crippen LogP contribution in [0.25, 0.3) is 11.4 Å². The van der Waals surface area contributed by atoms with E-state index in [1.54, 1.807) is 47.4 Å². The monoisotopic (exact) mass is 493 g/mol. The van der Waals surface area contributed by atoms with Crippen LogP contribution < -0.4 is 5.32 Å². The summed E-state index contributed by atoms with van der Waals surface area (Å²) in [5.74, 6) is 1.61. The minimum Gasteiger partial charge on any atom is -0.319 e. The Morgan fingerprint density at radius 1 is 1.15 bits per heavy atom. The Hall–Kier alpha value is -3.04. The Bertz CT molecular complexity index is 1320. The summed E-state index contributed by atoms with van der Waals surface area (Å²) >= 11 is 3.30. The number of halogens is 1. The highest BCUT2D eigenvalue weighted by Crippen LogP contribution is 2.28. The lowest BCUT2D eigenvalue weighted by Gasteiger charge is -2.11. The maximum absolute atomic E-state index is 14.6. The van der Waals surface area contributed by atoms with Crippen molar-refractivity contribution in [3.63, 3.8) is 0 Å². The van der Waals surface area contributed by atoms with Gasteiger partial charge in [0.2, 0.25) is 0 Å². The zero-order valence-corrected chi connectivity index (χ0v) is 20.4. The quantitative estimate of drug-likeness (QED) is 0.328. The van der Waals surface area contributed by atoms with E-state index in [-0.39, 0.29) is 11.6 Å². The average molecular weight is 494 g/mol. The van der Waals surface area contributed by atoms with E-state index in [0.29, 0.717) is 11.4 Å². The zero-order valence-electron chi connectivity index (χ0n) is 18.8. The highest BCUT2D eigenvalue weighted by Gasteiger charge is 2.18. The van der Waals surface area contributed by atoms with Gasteiger partial charge in [0.25, 0.3) is 5.91 Å². The second-order valence-electron chi connectivity index (χ2n) is 8.22. The van der Waals surface area contributed by atoms with E-state index in [9.17, 15) is 9.18 Å². The van der Waals surface area contributed by atoms with Crippen molar-refractivity contribution in [3.8, 4) is 11.4 Å². The third kappa shape index (κ3) is 5.05. The van der Waals surface area contributed by atoms with Crippen molar-refractivity contribution in [1.29, 1.82) is 0 Å². The summed E-state index contributed by atoms with van der Waals surface area (Å²) in [6.45, 7) is 2.84. The fraction of sp³-hybridized carbons (Fsp3) is 0.280. The Kier molecular flexibility index (Phi) is 6.73. The van der Waals surface area contributed by atoms with Crippen molar-refractivity contribution >= 4 is 34.7 Å². The van der Waals surface area contributed by atoms with Crippen LogP contribution in [0, 0.1) is 12.7 Å². The van der Waals surface area contributed by atoms with Gasteiger partial charge in [0, 0.05) is 40.1 Å². The SMILES string of the molecule is Cc1nc(CSc2ccc(C(=O)Nc3cc(-c4nnc5n4CCCCC5)ccc3F)cc2)cs1. The highest BCUT2D eigenvalue weighted by molar-refractivity contribution is 7.98. The van der Waals surface area contributed by atoms with Gasteiger partial charge in [-0.25, -0.2) is 9.37 Å². The van der Waals surface area contributed by atoms with Crippen molar-refractivity contribution in [2.24, 2.45) is 0 Å². The molecular weight excluding hydrogens is 469 g/mol. The molecule has 0 fully saturated rings. The number of aryl methyl sites for hydroxylation is 2. The molecule has 5 rings (SSSR count). The van der Waals surface area contributed by atoms with Crippen molar-refractivity contribution in [2.75, 3.05) is 5.32 Å². The van der Waals surface area contributed by atoms with Crippen LogP contribution in [0.5, 0.6) is 0 Å². The number of benzene rings is 2. The van der Waals surface area contributed by atoms with Crippen LogP contribution in [0.15, 0.2) is 52.7 Å². The molecule has 6 nitrogen and oxygen atoms in total. The number of nitrogens with one attached hydrogen (secondary N) is 1. The molecule has 4 aromatic rings. The lowest BCUT2D eigenvalue weighted by molar-refractivity contribution is 0.102. The number of hydrogen-bond acceptors (Lipinski definition) is 6. The van der Waals surface area contributed by atoms with Gasteiger partial charge >= 0.3 is 0 Å². The summed E-state index contributed by atoms with van der Waals surface area (Å²) in [5.41, 5.74) is 2.39. The second kappa shape index (κ2) is 10.1. The molecule has 2 aromatic heterocycles. The summed E-state index contributed by atoms with van der Waals surface area (Å²) in [5, 5.41) is 14.5. The summed E-state index contributed by atoms with van der Waals surface area (Å²) < 4.78 is 16.7. The molecule has 1 aliphatic heterocycles. The number of anilines is 1. The molecule has 1 amide bonds. The molecule has 174 valence electrons. The highest BCUT2D eigenvalue weighted by atomic mass is 32.2. The molecule has 0 spiro atoms. The average Bonchev–Trinajstić information content (AvgIpc) is 3.37. The third-order valence-corrected chi connectivity index (χ3v) is 7.62. The van der Waals surface area contributed by atoms with Crippen molar-refractivity contribution < 1.29 is 9.18 Å². The fourth-order valence-corrected chi connectivity index (χ4v) is 5.50. The van der Waals surface area contributed by atoms with Gasteiger partial charge in [-0.15, -0.1) is 33.3 Å². The van der Waals surface area contributed by atoms with Gasteiger partial charge < -0.3 is 9.88 Å². The lowest BCUT2D eigenvalue weighted by atomic mass is 10.1. The van der Waals surface area contributed by atoms with Crippen molar-refractivity contribution in [2.45, 2.75) is 49.8 Å². The summed E-state index contributed by atoms with van der Waals surface area (Å²) in [6.07, 6.45) is 4.23. The van der Waals surface area contributed by atoms with Crippen LogP contribution in [0.1, 0.15) is 46.1 Å². The number of thioether (sulfide) groups is 1. The molecule has 3 heterocycles. The largest absolute Gasteiger partial charge is 0.319 e. The molecule has 0 unspecified atom stereocenters. The number of amides is 1. The van der Waals surface area contributed by atoms with Crippen LogP contribution in [0.2, 0.25) is 0 Å². The van der Waals surface area contributed by atoms with E-state index in [0.717, 1.165) is 65.0 Å². The van der Waals surface area contributed by atoms with E-state index in [4.69, 9.17) is 0 Å². The van der Waals surface area contributed by atoms with E-state index in [1.807, 2.05) is 19.1 Å². The lowest BCUT2D eigenvalue weighted by Crippen LogP contribution is -2.13. The van der Waals surface area contributed by atoms with Crippen molar-refractivity contribution in [3.05, 3.63) is 75.8 Å². The van der Waals surface area contributed by atoms with E-state index in [2.05, 4.69) is 30.4 Å². The molecular formula is C25H24FN5OS2. The molecule has 0 aliphatic carbocycles. The van der Waals surface area contributed by atoms with Gasteiger partial charge in [-0.2, -0.15) is 0 Å². The van der Waals surface area contributed by atoms with Gasteiger partial charge in [0.05, 0.1) is 16.4 Å². The number of nitrogens with zero attached hydrogens (tertiary/aromatic N) is 4. The molecule has 1 N–H and O–H groups in total. The van der Waals surface area contributed by atoms with Crippen LogP contribution in [-0.4, -0.2) is 25.7 Å². The number of fused-ring (bicyclic) bond motifs is 1. The maximum atomic E-state index is 14.6. The molecule has 0 saturated heterocycles. The number of aromatic nitrogens is 4. The molecule has 0 atom stereocenters. The van der Waals surface area contributed by atoms with E-state index in [1.165, 1.54) is 6.07 Å². The third-order valence-electron chi connectivity index (χ3n) is 5.75. The number of carbonyl (C=O) groups excluding carboxylic acids is 1. The van der Waals surface area contributed by atoms with E-state index < -0.39 is 5.82 Å². The Morgan fingerprint density at radius 3 is 2.79 bits per heavy atom. The molecule has 0 bridgehead atoms. The molecule has 2 aromatic carbocycles. The fourth-order valence-electron chi connectivity index (χ4n) is 3.99. The van der Waals surface area contributed by atoms with Gasteiger partial charge in [0.15, 0.2) is 5.82 Å². The first kappa shape index (κ1) is 22.7.